The molecule has 0 fully saturated rings. The minimum atomic E-state index is -0.133. The van der Waals surface area contributed by atoms with Gasteiger partial charge in [0.05, 0.1) is 0 Å². The first-order chi connectivity index (χ1) is 17.8. The lowest BCUT2D eigenvalue weighted by atomic mass is 9.86. The first-order valence-corrected chi connectivity index (χ1v) is 14.0. The van der Waals surface area contributed by atoms with E-state index in [2.05, 4.69) is 77.3 Å². The van der Waals surface area contributed by atoms with E-state index in [1.807, 2.05) is 39.8 Å². The quantitative estimate of drug-likeness (QED) is 0.250. The molecule has 0 aliphatic carbocycles. The molecule has 0 aliphatic heterocycles. The Labute approximate surface area is 232 Å². The molecule has 3 aromatic rings. The van der Waals surface area contributed by atoms with Crippen molar-refractivity contribution in [1.29, 1.82) is 0 Å². The number of rotatable bonds is 9. The van der Waals surface area contributed by atoms with Gasteiger partial charge in [0.25, 0.3) is 0 Å². The molecule has 3 aromatic carbocycles. The lowest BCUT2D eigenvalue weighted by Crippen LogP contribution is -2.13. The van der Waals surface area contributed by atoms with E-state index >= 15 is 0 Å². The van der Waals surface area contributed by atoms with Crippen LogP contribution in [-0.4, -0.2) is 0 Å². The lowest BCUT2D eigenvalue weighted by Gasteiger charge is -2.20. The molecule has 0 aromatic heterocycles. The van der Waals surface area contributed by atoms with Crippen molar-refractivity contribution in [2.45, 2.75) is 99.3 Å². The minimum absolute atomic E-state index is 0.110. The molecule has 38 heavy (non-hydrogen) atoms. The minimum Gasteiger partial charge on any atom is -0.207 e. The van der Waals surface area contributed by atoms with Crippen LogP contribution < -0.4 is 0 Å². The van der Waals surface area contributed by atoms with Crippen molar-refractivity contribution in [3.8, 4) is 0 Å². The monoisotopic (exact) mass is 512 g/mol. The van der Waals surface area contributed by atoms with E-state index in [-0.39, 0.29) is 11.2 Å². The van der Waals surface area contributed by atoms with Crippen molar-refractivity contribution in [2.24, 2.45) is 0 Å². The smallest absolute Gasteiger partial charge is 0.127 e. The van der Waals surface area contributed by atoms with Gasteiger partial charge in [-0.3, -0.25) is 0 Å². The maximum atomic E-state index is 13.8. The average Bonchev–Trinajstić information content (AvgIpc) is 2.82. The predicted octanol–water partition coefficient (Wildman–Crippen LogP) is 10.5. The van der Waals surface area contributed by atoms with Crippen molar-refractivity contribution >= 4 is 0 Å². The third-order valence-electron chi connectivity index (χ3n) is 7.14. The molecule has 0 amide bonds. The van der Waals surface area contributed by atoms with Crippen LogP contribution in [0, 0.1) is 26.6 Å². The number of hydrogen-bond acceptors (Lipinski definition) is 0. The SMILES string of the molecule is C=C(C)Cc1ccc(C(C)(C)C)c(F)c1.C=C(CCc1ccc(C)c(C)c1CCC)Cc1ccc(C)cc1. The molecule has 0 spiro atoms. The van der Waals surface area contributed by atoms with E-state index in [1.165, 1.54) is 46.2 Å². The van der Waals surface area contributed by atoms with Gasteiger partial charge in [-0.25, -0.2) is 4.39 Å². The summed E-state index contributed by atoms with van der Waals surface area (Å²) in [5.41, 5.74) is 12.7. The van der Waals surface area contributed by atoms with Crippen LogP contribution in [0.25, 0.3) is 0 Å². The maximum Gasteiger partial charge on any atom is 0.127 e. The van der Waals surface area contributed by atoms with Crippen LogP contribution in [0.4, 0.5) is 4.39 Å². The van der Waals surface area contributed by atoms with E-state index in [9.17, 15) is 4.39 Å². The van der Waals surface area contributed by atoms with Gasteiger partial charge in [-0.2, -0.15) is 0 Å². The molecule has 0 unspecified atom stereocenters. The highest BCUT2D eigenvalue weighted by Crippen LogP contribution is 2.26. The zero-order valence-electron chi connectivity index (χ0n) is 25.2. The molecular weight excluding hydrogens is 463 g/mol. The first kappa shape index (κ1) is 31.3. The summed E-state index contributed by atoms with van der Waals surface area (Å²) in [5.74, 6) is -0.110. The van der Waals surface area contributed by atoms with Gasteiger partial charge >= 0.3 is 0 Å². The van der Waals surface area contributed by atoms with Gasteiger partial charge in [0, 0.05) is 0 Å². The molecule has 0 radical (unpaired) electrons. The molecule has 0 atom stereocenters. The summed E-state index contributed by atoms with van der Waals surface area (Å²) in [4.78, 5) is 0. The molecule has 204 valence electrons. The Hall–Kier alpha value is -2.93. The number of aryl methyl sites for hydroxylation is 3. The summed E-state index contributed by atoms with van der Waals surface area (Å²) < 4.78 is 13.8. The molecule has 0 nitrogen and oxygen atoms in total. The van der Waals surface area contributed by atoms with Crippen LogP contribution in [0.3, 0.4) is 0 Å². The van der Waals surface area contributed by atoms with Gasteiger partial charge in [-0.15, -0.1) is 0 Å². The predicted molar refractivity (Wildman–Crippen MR) is 166 cm³/mol. The summed E-state index contributed by atoms with van der Waals surface area (Å²) in [7, 11) is 0. The summed E-state index contributed by atoms with van der Waals surface area (Å²) in [6, 6.07) is 18.9. The molecular formula is C37H49F. The third-order valence-corrected chi connectivity index (χ3v) is 7.14. The van der Waals surface area contributed by atoms with E-state index in [0.29, 0.717) is 0 Å². The second-order valence-electron chi connectivity index (χ2n) is 12.0. The molecule has 0 N–H and O–H groups in total. The van der Waals surface area contributed by atoms with Gasteiger partial charge in [0.15, 0.2) is 0 Å². The molecule has 0 bridgehead atoms. The van der Waals surface area contributed by atoms with Crippen LogP contribution in [-0.2, 0) is 31.1 Å². The second-order valence-corrected chi connectivity index (χ2v) is 12.0. The normalized spacial score (nSPS) is 11.1. The van der Waals surface area contributed by atoms with E-state index in [1.54, 1.807) is 11.6 Å². The Morgan fingerprint density at radius 3 is 2.00 bits per heavy atom. The fourth-order valence-corrected chi connectivity index (χ4v) is 4.78. The van der Waals surface area contributed by atoms with Gasteiger partial charge in [-0.05, 0) is 110 Å². The summed E-state index contributed by atoms with van der Waals surface area (Å²) in [6.45, 7) is 25.0. The first-order valence-electron chi connectivity index (χ1n) is 14.0. The van der Waals surface area contributed by atoms with Crippen LogP contribution >= 0.6 is 0 Å². The van der Waals surface area contributed by atoms with Crippen LogP contribution in [0.5, 0.6) is 0 Å². The Morgan fingerprint density at radius 2 is 1.45 bits per heavy atom. The zero-order valence-corrected chi connectivity index (χ0v) is 25.2. The average molecular weight is 513 g/mol. The molecule has 3 rings (SSSR count). The summed E-state index contributed by atoms with van der Waals surface area (Å²) in [6.07, 6.45) is 6.33. The zero-order chi connectivity index (χ0) is 28.5. The molecule has 0 heterocycles. The Bertz CT molecular complexity index is 1220. The molecule has 0 aliphatic rings. The third kappa shape index (κ3) is 9.75. The Morgan fingerprint density at radius 1 is 0.816 bits per heavy atom. The maximum absolute atomic E-state index is 13.8. The van der Waals surface area contributed by atoms with Crippen LogP contribution in [0.15, 0.2) is 78.9 Å². The highest BCUT2D eigenvalue weighted by atomic mass is 19.1. The van der Waals surface area contributed by atoms with E-state index < -0.39 is 0 Å². The fraction of sp³-hybridized carbons (Fsp3) is 0.405. The van der Waals surface area contributed by atoms with E-state index in [4.69, 9.17) is 0 Å². The van der Waals surface area contributed by atoms with Crippen molar-refractivity contribution in [2.75, 3.05) is 0 Å². The number of allylic oxidation sites excluding steroid dienone is 2. The van der Waals surface area contributed by atoms with Crippen molar-refractivity contribution in [1.82, 2.24) is 0 Å². The number of hydrogen-bond donors (Lipinski definition) is 0. The highest BCUT2D eigenvalue weighted by molar-refractivity contribution is 5.40. The van der Waals surface area contributed by atoms with Crippen LogP contribution in [0.2, 0.25) is 0 Å². The number of halogens is 1. The van der Waals surface area contributed by atoms with Gasteiger partial charge in [0.2, 0.25) is 0 Å². The van der Waals surface area contributed by atoms with E-state index in [0.717, 1.165) is 42.4 Å². The summed E-state index contributed by atoms with van der Waals surface area (Å²) >= 11 is 0. The van der Waals surface area contributed by atoms with Gasteiger partial charge in [0.1, 0.15) is 5.82 Å². The van der Waals surface area contributed by atoms with Gasteiger partial charge in [-0.1, -0.05) is 113 Å². The molecule has 0 saturated heterocycles. The standard InChI is InChI=1S/C23H30.C14H19F/c1-6-7-23-20(5)19(4)11-15-22(23)14-10-18(3)16-21-12-8-17(2)9-13-21;1-10(2)8-11-6-7-12(13(15)9-11)14(3,4)5/h8-9,11-13,15H,3,6-7,10,14,16H2,1-2,4-5H3;6-7,9H,1,8H2,2-5H3. The number of benzene rings is 3. The second kappa shape index (κ2) is 14.3. The summed E-state index contributed by atoms with van der Waals surface area (Å²) in [5, 5.41) is 0. The fourth-order valence-electron chi connectivity index (χ4n) is 4.78. The highest BCUT2D eigenvalue weighted by Gasteiger charge is 2.18. The Kier molecular flexibility index (Phi) is 11.8. The van der Waals surface area contributed by atoms with Crippen molar-refractivity contribution < 1.29 is 4.39 Å². The van der Waals surface area contributed by atoms with Crippen LogP contribution in [0.1, 0.15) is 92.0 Å². The lowest BCUT2D eigenvalue weighted by molar-refractivity contribution is 0.522. The van der Waals surface area contributed by atoms with Gasteiger partial charge < -0.3 is 0 Å². The van der Waals surface area contributed by atoms with Crippen molar-refractivity contribution in [3.63, 3.8) is 0 Å². The molecule has 1 heteroatoms. The topological polar surface area (TPSA) is 0 Å². The largest absolute Gasteiger partial charge is 0.207 e. The van der Waals surface area contributed by atoms with Crippen molar-refractivity contribution in [3.05, 3.63) is 129 Å². The Balaban J connectivity index is 0.000000293. The molecule has 0 saturated carbocycles.